The number of hydrogen-bond donors (Lipinski definition) is 1. The lowest BCUT2D eigenvalue weighted by Crippen LogP contribution is -2.34. The van der Waals surface area contributed by atoms with Crippen LogP contribution in [0.25, 0.3) is 0 Å². The Morgan fingerprint density at radius 2 is 1.84 bits per heavy atom. The Morgan fingerprint density at radius 1 is 1.03 bits per heavy atom. The van der Waals surface area contributed by atoms with Gasteiger partial charge in [0, 0.05) is 17.7 Å². The number of nitrogens with zero attached hydrogens (tertiary/aromatic N) is 3. The van der Waals surface area contributed by atoms with Gasteiger partial charge >= 0.3 is 6.01 Å². The number of aliphatic hydroxyl groups is 1. The minimum atomic E-state index is -0.327. The second-order valence-electron chi connectivity index (χ2n) is 7.42. The van der Waals surface area contributed by atoms with Gasteiger partial charge in [0.25, 0.3) is 0 Å². The first-order valence-corrected chi connectivity index (χ1v) is 10.2. The Hall–Kier alpha value is -2.39. The zero-order valence-electron chi connectivity index (χ0n) is 18.1. The van der Waals surface area contributed by atoms with Crippen molar-refractivity contribution in [3.8, 4) is 23.4 Å². The molecule has 3 atom stereocenters. The lowest BCUT2D eigenvalue weighted by Gasteiger charge is -2.37. The molecule has 2 aliphatic rings. The first-order valence-electron chi connectivity index (χ1n) is 10.2. The minimum Gasteiger partial charge on any atom is -0.493 e. The highest BCUT2D eigenvalue weighted by Crippen LogP contribution is 2.45. The molecule has 9 heteroatoms. The monoisotopic (exact) mass is 493 g/mol. The summed E-state index contributed by atoms with van der Waals surface area (Å²) < 4.78 is 22.1. The highest BCUT2D eigenvalue weighted by atomic mass is 79.9. The number of ether oxygens (including phenoxy) is 4. The van der Waals surface area contributed by atoms with Crippen LogP contribution in [0.3, 0.4) is 0 Å². The van der Waals surface area contributed by atoms with Crippen LogP contribution in [0.5, 0.6) is 23.4 Å². The standard InChI is InChI=1S/C22H27N3O5.BrH/c1-5-30-19-9-13-14-8-12(26)6-7-17(14)24-20(15(13)10-18(19)27-2)16-11-23-22(29-4)25-21(16)28-3;/h9-12,14,17,26H,5-8H2,1-4H3;1H/t12-,14-,17-;/m1./s1. The predicted octanol–water partition coefficient (Wildman–Crippen LogP) is 3.33. The number of aromatic nitrogens is 2. The molecule has 1 aliphatic heterocycles. The molecule has 1 fully saturated rings. The van der Waals surface area contributed by atoms with Crippen molar-refractivity contribution < 1.29 is 24.1 Å². The van der Waals surface area contributed by atoms with Gasteiger partial charge in [-0.25, -0.2) is 4.98 Å². The van der Waals surface area contributed by atoms with Crippen molar-refractivity contribution in [3.63, 3.8) is 0 Å². The molecule has 168 valence electrons. The minimum absolute atomic E-state index is 0. The molecule has 0 saturated heterocycles. The van der Waals surface area contributed by atoms with E-state index in [1.54, 1.807) is 20.4 Å². The lowest BCUT2D eigenvalue weighted by atomic mass is 9.74. The average molecular weight is 494 g/mol. The summed E-state index contributed by atoms with van der Waals surface area (Å²) in [5, 5.41) is 10.3. The maximum absolute atomic E-state index is 10.3. The number of hydrogen-bond acceptors (Lipinski definition) is 8. The van der Waals surface area contributed by atoms with Crippen molar-refractivity contribution in [1.29, 1.82) is 0 Å². The van der Waals surface area contributed by atoms with Gasteiger partial charge < -0.3 is 24.1 Å². The van der Waals surface area contributed by atoms with Crippen LogP contribution >= 0.6 is 17.0 Å². The second-order valence-corrected chi connectivity index (χ2v) is 7.42. The third kappa shape index (κ3) is 4.34. The number of fused-ring (bicyclic) bond motifs is 3. The van der Waals surface area contributed by atoms with E-state index in [4.69, 9.17) is 23.9 Å². The molecule has 1 aliphatic carbocycles. The van der Waals surface area contributed by atoms with E-state index in [2.05, 4.69) is 9.97 Å². The van der Waals surface area contributed by atoms with E-state index in [0.717, 1.165) is 29.7 Å². The summed E-state index contributed by atoms with van der Waals surface area (Å²) in [7, 11) is 4.70. The molecule has 0 amide bonds. The van der Waals surface area contributed by atoms with Gasteiger partial charge in [0.15, 0.2) is 11.5 Å². The highest BCUT2D eigenvalue weighted by molar-refractivity contribution is 8.93. The van der Waals surface area contributed by atoms with E-state index in [9.17, 15) is 5.11 Å². The first kappa shape index (κ1) is 23.3. The second kappa shape index (κ2) is 9.82. The van der Waals surface area contributed by atoms with Crippen LogP contribution in [0.1, 0.15) is 48.8 Å². The van der Waals surface area contributed by atoms with Crippen LogP contribution in [0.2, 0.25) is 0 Å². The Labute approximate surface area is 192 Å². The third-order valence-electron chi connectivity index (χ3n) is 5.73. The Kier molecular flexibility index (Phi) is 7.38. The van der Waals surface area contributed by atoms with Gasteiger partial charge in [0.2, 0.25) is 5.88 Å². The summed E-state index contributed by atoms with van der Waals surface area (Å²) in [5.74, 6) is 1.83. The molecule has 8 nitrogen and oxygen atoms in total. The van der Waals surface area contributed by atoms with Gasteiger partial charge in [-0.1, -0.05) is 0 Å². The fourth-order valence-electron chi connectivity index (χ4n) is 4.35. The first-order chi connectivity index (χ1) is 14.6. The fraction of sp³-hybridized carbons (Fsp3) is 0.500. The van der Waals surface area contributed by atoms with Crippen LogP contribution in [0.4, 0.5) is 0 Å². The number of halogens is 1. The number of methoxy groups -OCH3 is 3. The van der Waals surface area contributed by atoms with Crippen molar-refractivity contribution in [1.82, 2.24) is 9.97 Å². The lowest BCUT2D eigenvalue weighted by molar-refractivity contribution is 0.111. The maximum atomic E-state index is 10.3. The molecule has 1 saturated carbocycles. The smallest absolute Gasteiger partial charge is 0.319 e. The van der Waals surface area contributed by atoms with E-state index < -0.39 is 0 Å². The normalized spacial score (nSPS) is 21.7. The SMILES string of the molecule is Br.CCOc1cc2c(cc1OC)C(c1cnc(OC)nc1OC)=N[C@@H]1CC[C@@H](O)C[C@H]21. The average Bonchev–Trinajstić information content (AvgIpc) is 2.78. The zero-order valence-corrected chi connectivity index (χ0v) is 19.8. The number of aliphatic imine (C=N–C) groups is 1. The van der Waals surface area contributed by atoms with Crippen LogP contribution in [0.15, 0.2) is 23.3 Å². The van der Waals surface area contributed by atoms with Gasteiger partial charge in [-0.15, -0.1) is 17.0 Å². The van der Waals surface area contributed by atoms with E-state index in [1.165, 1.54) is 7.11 Å². The van der Waals surface area contributed by atoms with Crippen LogP contribution in [0, 0.1) is 0 Å². The molecule has 2 heterocycles. The summed E-state index contributed by atoms with van der Waals surface area (Å²) >= 11 is 0. The van der Waals surface area contributed by atoms with Crippen molar-refractivity contribution >= 4 is 22.7 Å². The van der Waals surface area contributed by atoms with E-state index in [0.29, 0.717) is 36.0 Å². The molecular formula is C22H28BrN3O5. The van der Waals surface area contributed by atoms with Crippen molar-refractivity contribution in [3.05, 3.63) is 35.0 Å². The van der Waals surface area contributed by atoms with Crippen LogP contribution in [-0.4, -0.2) is 60.9 Å². The van der Waals surface area contributed by atoms with E-state index in [1.807, 2.05) is 19.1 Å². The molecule has 1 N–H and O–H groups in total. The van der Waals surface area contributed by atoms with Gasteiger partial charge in [0.05, 0.1) is 51.4 Å². The predicted molar refractivity (Wildman–Crippen MR) is 122 cm³/mol. The quantitative estimate of drug-likeness (QED) is 0.658. The highest BCUT2D eigenvalue weighted by Gasteiger charge is 2.38. The van der Waals surface area contributed by atoms with Crippen molar-refractivity contribution in [2.75, 3.05) is 27.9 Å². The number of aliphatic hydroxyl groups excluding tert-OH is 1. The van der Waals surface area contributed by atoms with Gasteiger partial charge in [-0.2, -0.15) is 4.98 Å². The molecule has 0 unspecified atom stereocenters. The molecule has 4 rings (SSSR count). The van der Waals surface area contributed by atoms with Gasteiger partial charge in [-0.3, -0.25) is 4.99 Å². The Morgan fingerprint density at radius 3 is 2.52 bits per heavy atom. The van der Waals surface area contributed by atoms with Crippen LogP contribution < -0.4 is 18.9 Å². The molecule has 1 aromatic carbocycles. The number of benzene rings is 1. The van der Waals surface area contributed by atoms with E-state index >= 15 is 0 Å². The molecule has 0 spiro atoms. The van der Waals surface area contributed by atoms with Gasteiger partial charge in [0.1, 0.15) is 0 Å². The molecule has 0 bridgehead atoms. The Balaban J connectivity index is 0.00000272. The topological polar surface area (TPSA) is 95.3 Å². The van der Waals surface area contributed by atoms with Crippen molar-refractivity contribution in [2.24, 2.45) is 4.99 Å². The van der Waals surface area contributed by atoms with Crippen LogP contribution in [-0.2, 0) is 0 Å². The van der Waals surface area contributed by atoms with Crippen molar-refractivity contribution in [2.45, 2.75) is 44.2 Å². The molecule has 2 aromatic rings. The summed E-state index contributed by atoms with van der Waals surface area (Å²) in [6, 6.07) is 4.26. The summed E-state index contributed by atoms with van der Waals surface area (Å²) in [4.78, 5) is 13.7. The van der Waals surface area contributed by atoms with E-state index in [-0.39, 0.29) is 41.1 Å². The fourth-order valence-corrected chi connectivity index (χ4v) is 4.35. The third-order valence-corrected chi connectivity index (χ3v) is 5.73. The molecule has 1 aromatic heterocycles. The van der Waals surface area contributed by atoms with Gasteiger partial charge in [-0.05, 0) is 43.9 Å². The summed E-state index contributed by atoms with van der Waals surface area (Å²) in [5.41, 5.74) is 3.45. The summed E-state index contributed by atoms with van der Waals surface area (Å²) in [6.45, 7) is 2.48. The largest absolute Gasteiger partial charge is 0.493 e. The zero-order chi connectivity index (χ0) is 21.3. The maximum Gasteiger partial charge on any atom is 0.319 e. The molecule has 31 heavy (non-hydrogen) atoms. The molecule has 0 radical (unpaired) electrons. The molecular weight excluding hydrogens is 466 g/mol. The summed E-state index contributed by atoms with van der Waals surface area (Å²) in [6.07, 6.45) is 3.56. The Bertz CT molecular complexity index is 968. The number of rotatable bonds is 6.